The number of rotatable bonds is 3. The SMILES string of the molecule is C[C@H](Nc1ncnc2[nH]cnc12)c1cc2cccc(C(F)(F)F)c2c(Cl)n1. The minimum Gasteiger partial charge on any atom is -0.360 e. The number of aromatic nitrogens is 5. The summed E-state index contributed by atoms with van der Waals surface area (Å²) < 4.78 is 39.7. The Kier molecular flexibility index (Phi) is 4.11. The molecule has 2 N–H and O–H groups in total. The summed E-state index contributed by atoms with van der Waals surface area (Å²) in [6.45, 7) is 1.80. The first-order chi connectivity index (χ1) is 12.8. The molecule has 138 valence electrons. The van der Waals surface area contributed by atoms with Crippen molar-refractivity contribution in [2.75, 3.05) is 5.32 Å². The Labute approximate surface area is 155 Å². The van der Waals surface area contributed by atoms with Crippen molar-refractivity contribution in [3.8, 4) is 0 Å². The number of aromatic amines is 1. The van der Waals surface area contributed by atoms with Crippen molar-refractivity contribution in [1.29, 1.82) is 0 Å². The van der Waals surface area contributed by atoms with E-state index in [-0.39, 0.29) is 16.6 Å². The molecule has 0 saturated carbocycles. The number of hydrogen-bond donors (Lipinski definition) is 2. The van der Waals surface area contributed by atoms with E-state index in [4.69, 9.17) is 11.6 Å². The van der Waals surface area contributed by atoms with Gasteiger partial charge in [0.2, 0.25) is 0 Å². The third-order valence-corrected chi connectivity index (χ3v) is 4.43. The highest BCUT2D eigenvalue weighted by Gasteiger charge is 2.33. The molecule has 1 atom stereocenters. The van der Waals surface area contributed by atoms with Gasteiger partial charge in [-0.2, -0.15) is 13.2 Å². The van der Waals surface area contributed by atoms with Gasteiger partial charge in [0, 0.05) is 5.39 Å². The Morgan fingerprint density at radius 2 is 2.00 bits per heavy atom. The number of nitrogens with one attached hydrogen (secondary N) is 2. The van der Waals surface area contributed by atoms with Crippen molar-refractivity contribution in [1.82, 2.24) is 24.9 Å². The van der Waals surface area contributed by atoms with Crippen LogP contribution in [0.1, 0.15) is 24.2 Å². The van der Waals surface area contributed by atoms with Crippen molar-refractivity contribution in [3.05, 3.63) is 53.3 Å². The van der Waals surface area contributed by atoms with E-state index in [1.807, 2.05) is 0 Å². The van der Waals surface area contributed by atoms with Crippen LogP contribution in [0, 0.1) is 0 Å². The summed E-state index contributed by atoms with van der Waals surface area (Å²) >= 11 is 6.12. The molecular weight excluding hydrogens is 381 g/mol. The summed E-state index contributed by atoms with van der Waals surface area (Å²) in [5, 5.41) is 3.20. The number of halogens is 4. The lowest BCUT2D eigenvalue weighted by molar-refractivity contribution is -0.136. The monoisotopic (exact) mass is 392 g/mol. The van der Waals surface area contributed by atoms with Crippen molar-refractivity contribution < 1.29 is 13.2 Å². The molecule has 0 fully saturated rings. The van der Waals surface area contributed by atoms with Gasteiger partial charge in [-0.15, -0.1) is 0 Å². The van der Waals surface area contributed by atoms with Crippen LogP contribution < -0.4 is 5.32 Å². The van der Waals surface area contributed by atoms with Crippen LogP contribution in [-0.4, -0.2) is 24.9 Å². The van der Waals surface area contributed by atoms with Crippen LogP contribution in [0.15, 0.2) is 36.9 Å². The fourth-order valence-electron chi connectivity index (χ4n) is 2.89. The van der Waals surface area contributed by atoms with Crippen LogP contribution in [0.4, 0.5) is 19.0 Å². The molecule has 0 aliphatic carbocycles. The second-order valence-corrected chi connectivity index (χ2v) is 6.29. The number of H-pyrrole nitrogens is 1. The van der Waals surface area contributed by atoms with Crippen molar-refractivity contribution in [3.63, 3.8) is 0 Å². The van der Waals surface area contributed by atoms with Crippen LogP contribution >= 0.6 is 11.6 Å². The van der Waals surface area contributed by atoms with Gasteiger partial charge in [-0.3, -0.25) is 0 Å². The zero-order valence-electron chi connectivity index (χ0n) is 13.8. The molecule has 0 unspecified atom stereocenters. The number of benzene rings is 1. The van der Waals surface area contributed by atoms with Gasteiger partial charge < -0.3 is 10.3 Å². The lowest BCUT2D eigenvalue weighted by Crippen LogP contribution is -2.11. The molecule has 0 radical (unpaired) electrons. The third kappa shape index (κ3) is 3.14. The van der Waals surface area contributed by atoms with E-state index in [1.165, 1.54) is 18.7 Å². The molecule has 27 heavy (non-hydrogen) atoms. The molecule has 10 heteroatoms. The van der Waals surface area contributed by atoms with E-state index in [9.17, 15) is 13.2 Å². The van der Waals surface area contributed by atoms with Crippen LogP contribution in [0.3, 0.4) is 0 Å². The third-order valence-electron chi connectivity index (χ3n) is 4.15. The number of alkyl halides is 3. The van der Waals surface area contributed by atoms with Gasteiger partial charge in [0.25, 0.3) is 0 Å². The van der Waals surface area contributed by atoms with Crippen molar-refractivity contribution in [2.24, 2.45) is 0 Å². The minimum atomic E-state index is -4.51. The summed E-state index contributed by atoms with van der Waals surface area (Å²) in [5.74, 6) is 0.482. The number of hydrogen-bond acceptors (Lipinski definition) is 5. The maximum Gasteiger partial charge on any atom is 0.417 e. The van der Waals surface area contributed by atoms with E-state index in [2.05, 4.69) is 30.2 Å². The fraction of sp³-hybridized carbons (Fsp3) is 0.176. The molecule has 3 heterocycles. The highest BCUT2D eigenvalue weighted by atomic mass is 35.5. The van der Waals surface area contributed by atoms with E-state index in [1.54, 1.807) is 19.1 Å². The van der Waals surface area contributed by atoms with Gasteiger partial charge in [0.1, 0.15) is 17.0 Å². The molecule has 0 aliphatic heterocycles. The van der Waals surface area contributed by atoms with Gasteiger partial charge in [-0.25, -0.2) is 19.9 Å². The molecule has 1 aromatic carbocycles. The highest BCUT2D eigenvalue weighted by molar-refractivity contribution is 6.34. The average molecular weight is 393 g/mol. The number of anilines is 1. The standard InChI is InChI=1S/C17H12ClF3N6/c1-8(26-16-13-15(23-6-22-13)24-7-25-16)11-5-9-3-2-4-10(17(19,20)21)12(9)14(18)27-11/h2-8H,1H3,(H2,22,23,24,25,26)/t8-/m0/s1. The van der Waals surface area contributed by atoms with Gasteiger partial charge in [-0.1, -0.05) is 23.7 Å². The lowest BCUT2D eigenvalue weighted by atomic mass is 10.0. The first-order valence-electron chi connectivity index (χ1n) is 7.91. The number of pyridine rings is 1. The quantitative estimate of drug-likeness (QED) is 0.492. The number of imidazole rings is 1. The summed E-state index contributed by atoms with van der Waals surface area (Å²) in [6.07, 6.45) is -1.63. The van der Waals surface area contributed by atoms with Crippen LogP contribution in [0.25, 0.3) is 21.9 Å². The predicted octanol–water partition coefficient (Wildman–Crippen LogP) is 4.75. The summed E-state index contributed by atoms with van der Waals surface area (Å²) in [5.41, 5.74) is 0.794. The normalized spacial score (nSPS) is 13.2. The Bertz CT molecular complexity index is 1140. The minimum absolute atomic E-state index is 0.112. The molecular formula is C17H12ClF3N6. The zero-order chi connectivity index (χ0) is 19.2. The van der Waals surface area contributed by atoms with Crippen LogP contribution in [0.2, 0.25) is 5.15 Å². The van der Waals surface area contributed by atoms with Gasteiger partial charge in [0.15, 0.2) is 11.5 Å². The first kappa shape index (κ1) is 17.5. The number of fused-ring (bicyclic) bond motifs is 2. The maximum atomic E-state index is 13.2. The largest absolute Gasteiger partial charge is 0.417 e. The summed E-state index contributed by atoms with van der Waals surface area (Å²) in [6, 6.07) is 5.12. The van der Waals surface area contributed by atoms with Gasteiger partial charge in [0.05, 0.1) is 23.6 Å². The topological polar surface area (TPSA) is 79.4 Å². The average Bonchev–Trinajstić information content (AvgIpc) is 3.10. The van der Waals surface area contributed by atoms with Gasteiger partial charge >= 0.3 is 6.18 Å². The summed E-state index contributed by atoms with van der Waals surface area (Å²) in [4.78, 5) is 19.4. The smallest absolute Gasteiger partial charge is 0.360 e. The lowest BCUT2D eigenvalue weighted by Gasteiger charge is -2.17. The Balaban J connectivity index is 1.75. The molecule has 0 aliphatic rings. The molecule has 3 aromatic heterocycles. The Hall–Kier alpha value is -2.94. The summed E-state index contributed by atoms with van der Waals surface area (Å²) in [7, 11) is 0. The molecule has 6 nitrogen and oxygen atoms in total. The van der Waals surface area contributed by atoms with Gasteiger partial charge in [-0.05, 0) is 24.4 Å². The maximum absolute atomic E-state index is 13.2. The predicted molar refractivity (Wildman–Crippen MR) is 95.5 cm³/mol. The van der Waals surface area contributed by atoms with E-state index < -0.39 is 11.7 Å². The Morgan fingerprint density at radius 3 is 2.78 bits per heavy atom. The van der Waals surface area contributed by atoms with Crippen molar-refractivity contribution >= 4 is 39.4 Å². The molecule has 0 bridgehead atoms. The van der Waals surface area contributed by atoms with Crippen LogP contribution in [-0.2, 0) is 6.18 Å². The zero-order valence-corrected chi connectivity index (χ0v) is 14.6. The second kappa shape index (κ2) is 6.34. The highest BCUT2D eigenvalue weighted by Crippen LogP contribution is 2.38. The van der Waals surface area contributed by atoms with E-state index in [0.29, 0.717) is 28.1 Å². The van der Waals surface area contributed by atoms with Crippen molar-refractivity contribution in [2.45, 2.75) is 19.1 Å². The molecule has 4 aromatic rings. The Morgan fingerprint density at radius 1 is 1.19 bits per heavy atom. The molecule has 4 rings (SSSR count). The fourth-order valence-corrected chi connectivity index (χ4v) is 3.20. The first-order valence-corrected chi connectivity index (χ1v) is 8.29. The molecule has 0 saturated heterocycles. The van der Waals surface area contributed by atoms with Crippen LogP contribution in [0.5, 0.6) is 0 Å². The second-order valence-electron chi connectivity index (χ2n) is 5.93. The number of nitrogens with zero attached hydrogens (tertiary/aromatic N) is 4. The van der Waals surface area contributed by atoms with E-state index >= 15 is 0 Å². The molecule has 0 spiro atoms. The van der Waals surface area contributed by atoms with E-state index in [0.717, 1.165) is 6.07 Å². The molecule has 0 amide bonds.